The first-order valence-electron chi connectivity index (χ1n) is 7.03. The Labute approximate surface area is 125 Å². The molecular weight excluding hydrogens is 266 g/mol. The van der Waals surface area contributed by atoms with Crippen LogP contribution < -0.4 is 5.32 Å². The molecule has 0 aliphatic rings. The maximum absolute atomic E-state index is 4.19. The molecule has 4 heteroatoms. The highest BCUT2D eigenvalue weighted by atomic mass is 32.2. The van der Waals surface area contributed by atoms with Gasteiger partial charge in [0.2, 0.25) is 0 Å². The molecule has 1 aromatic heterocycles. The third kappa shape index (κ3) is 5.02. The predicted molar refractivity (Wildman–Crippen MR) is 85.8 cm³/mol. The number of nitrogens with one attached hydrogen (secondary N) is 1. The molecule has 0 radical (unpaired) electrons. The van der Waals surface area contributed by atoms with Crippen LogP contribution in [0, 0.1) is 5.92 Å². The Balaban J connectivity index is 1.79. The van der Waals surface area contributed by atoms with Crippen molar-refractivity contribution in [3.8, 4) is 0 Å². The van der Waals surface area contributed by atoms with Gasteiger partial charge in [0.25, 0.3) is 0 Å². The number of rotatable bonds is 7. The van der Waals surface area contributed by atoms with E-state index in [2.05, 4.69) is 54.7 Å². The quantitative estimate of drug-likeness (QED) is 0.792. The van der Waals surface area contributed by atoms with Crippen molar-refractivity contribution in [2.24, 2.45) is 13.0 Å². The van der Waals surface area contributed by atoms with Crippen molar-refractivity contribution in [3.05, 3.63) is 47.8 Å². The van der Waals surface area contributed by atoms with Crippen LogP contribution in [0.25, 0.3) is 0 Å². The van der Waals surface area contributed by atoms with Crippen LogP contribution in [0.3, 0.4) is 0 Å². The van der Waals surface area contributed by atoms with E-state index in [9.17, 15) is 0 Å². The van der Waals surface area contributed by atoms with Gasteiger partial charge in [0, 0.05) is 36.0 Å². The summed E-state index contributed by atoms with van der Waals surface area (Å²) in [4.78, 5) is 1.31. The number of hydrogen-bond acceptors (Lipinski definition) is 3. The Morgan fingerprint density at radius 3 is 2.55 bits per heavy atom. The molecular formula is C16H23N3S. The molecule has 0 amide bonds. The van der Waals surface area contributed by atoms with Crippen molar-refractivity contribution >= 4 is 11.8 Å². The van der Waals surface area contributed by atoms with Crippen molar-refractivity contribution in [3.63, 3.8) is 0 Å². The van der Waals surface area contributed by atoms with E-state index < -0.39 is 0 Å². The molecule has 108 valence electrons. The third-order valence-corrected chi connectivity index (χ3v) is 4.05. The lowest BCUT2D eigenvalue weighted by atomic mass is 10.2. The largest absolute Gasteiger partial charge is 0.312 e. The molecule has 2 aromatic rings. The van der Waals surface area contributed by atoms with Crippen molar-refractivity contribution in [2.45, 2.75) is 31.0 Å². The first-order chi connectivity index (χ1) is 9.63. The fraction of sp³-hybridized carbons (Fsp3) is 0.438. The normalized spacial score (nSPS) is 11.2. The second kappa shape index (κ2) is 7.50. The van der Waals surface area contributed by atoms with E-state index >= 15 is 0 Å². The highest BCUT2D eigenvalue weighted by Crippen LogP contribution is 2.22. The highest BCUT2D eigenvalue weighted by Gasteiger charge is 2.00. The molecule has 1 heterocycles. The lowest BCUT2D eigenvalue weighted by Crippen LogP contribution is -2.18. The Morgan fingerprint density at radius 2 is 1.95 bits per heavy atom. The Hall–Kier alpha value is -1.26. The molecule has 0 spiro atoms. The molecule has 0 atom stereocenters. The van der Waals surface area contributed by atoms with Gasteiger partial charge in [0.15, 0.2) is 0 Å². The van der Waals surface area contributed by atoms with E-state index in [1.165, 1.54) is 16.0 Å². The van der Waals surface area contributed by atoms with Gasteiger partial charge in [0.05, 0.1) is 6.20 Å². The van der Waals surface area contributed by atoms with Crippen LogP contribution in [0.15, 0.2) is 41.6 Å². The van der Waals surface area contributed by atoms with Gasteiger partial charge in [-0.2, -0.15) is 5.10 Å². The average Bonchev–Trinajstić information content (AvgIpc) is 2.83. The molecule has 0 aliphatic carbocycles. The first-order valence-corrected chi connectivity index (χ1v) is 8.02. The van der Waals surface area contributed by atoms with Gasteiger partial charge in [-0.25, -0.2) is 0 Å². The number of hydrogen-bond donors (Lipinski definition) is 1. The van der Waals surface area contributed by atoms with Crippen molar-refractivity contribution < 1.29 is 0 Å². The number of thioether (sulfide) groups is 1. The fourth-order valence-electron chi connectivity index (χ4n) is 1.92. The van der Waals surface area contributed by atoms with Crippen molar-refractivity contribution in [1.29, 1.82) is 0 Å². The fourth-order valence-corrected chi connectivity index (χ4v) is 2.73. The van der Waals surface area contributed by atoms with Gasteiger partial charge in [-0.15, -0.1) is 11.8 Å². The maximum Gasteiger partial charge on any atom is 0.0530 e. The number of aryl methyl sites for hydroxylation is 1. The van der Waals surface area contributed by atoms with Gasteiger partial charge in [-0.05, 0) is 30.2 Å². The summed E-state index contributed by atoms with van der Waals surface area (Å²) in [6.07, 6.45) is 3.99. The second-order valence-corrected chi connectivity index (χ2v) is 6.53. The number of benzene rings is 1. The minimum Gasteiger partial charge on any atom is -0.312 e. The zero-order valence-corrected chi connectivity index (χ0v) is 13.3. The highest BCUT2D eigenvalue weighted by molar-refractivity contribution is 7.98. The van der Waals surface area contributed by atoms with Gasteiger partial charge >= 0.3 is 0 Å². The van der Waals surface area contributed by atoms with Crippen LogP contribution in [0.2, 0.25) is 0 Å². The SMILES string of the molecule is CC(C)CNCc1ccc(SCc2cnn(C)c2)cc1. The summed E-state index contributed by atoms with van der Waals surface area (Å²) in [5.74, 6) is 1.67. The van der Waals surface area contributed by atoms with Crippen LogP contribution >= 0.6 is 11.8 Å². The smallest absolute Gasteiger partial charge is 0.0530 e. The minimum absolute atomic E-state index is 0.698. The van der Waals surface area contributed by atoms with Gasteiger partial charge in [-0.3, -0.25) is 4.68 Å². The number of nitrogens with zero attached hydrogens (tertiary/aromatic N) is 2. The van der Waals surface area contributed by atoms with E-state index in [0.717, 1.165) is 18.8 Å². The van der Waals surface area contributed by atoms with Crippen LogP contribution in [-0.2, 0) is 19.3 Å². The minimum atomic E-state index is 0.698. The Morgan fingerprint density at radius 1 is 1.20 bits per heavy atom. The topological polar surface area (TPSA) is 29.9 Å². The molecule has 2 rings (SSSR count). The maximum atomic E-state index is 4.19. The van der Waals surface area contributed by atoms with E-state index in [4.69, 9.17) is 0 Å². The second-order valence-electron chi connectivity index (χ2n) is 5.48. The molecule has 0 bridgehead atoms. The molecule has 0 fully saturated rings. The third-order valence-electron chi connectivity index (χ3n) is 2.97. The zero-order valence-electron chi connectivity index (χ0n) is 12.5. The first kappa shape index (κ1) is 15.1. The molecule has 1 N–H and O–H groups in total. The Kier molecular flexibility index (Phi) is 5.68. The van der Waals surface area contributed by atoms with Crippen LogP contribution in [-0.4, -0.2) is 16.3 Å². The molecule has 0 saturated carbocycles. The van der Waals surface area contributed by atoms with Crippen LogP contribution in [0.5, 0.6) is 0 Å². The van der Waals surface area contributed by atoms with Crippen LogP contribution in [0.4, 0.5) is 0 Å². The standard InChI is InChI=1S/C16H23N3S/c1-13(2)8-17-9-14-4-6-16(7-5-14)20-12-15-10-18-19(3)11-15/h4-7,10-11,13,17H,8-9,12H2,1-3H3. The number of aromatic nitrogens is 2. The zero-order chi connectivity index (χ0) is 14.4. The average molecular weight is 289 g/mol. The molecule has 1 aromatic carbocycles. The lowest BCUT2D eigenvalue weighted by molar-refractivity contribution is 0.552. The molecule has 3 nitrogen and oxygen atoms in total. The lowest BCUT2D eigenvalue weighted by Gasteiger charge is -2.08. The summed E-state index contributed by atoms with van der Waals surface area (Å²) in [5.41, 5.74) is 2.61. The van der Waals surface area contributed by atoms with E-state index in [1.54, 1.807) is 0 Å². The van der Waals surface area contributed by atoms with Crippen molar-refractivity contribution in [2.75, 3.05) is 6.54 Å². The van der Waals surface area contributed by atoms with Crippen LogP contribution in [0.1, 0.15) is 25.0 Å². The Bertz CT molecular complexity index is 517. The summed E-state index contributed by atoms with van der Waals surface area (Å²) in [6, 6.07) is 8.82. The summed E-state index contributed by atoms with van der Waals surface area (Å²) in [7, 11) is 1.95. The summed E-state index contributed by atoms with van der Waals surface area (Å²) < 4.78 is 1.85. The monoisotopic (exact) mass is 289 g/mol. The van der Waals surface area contributed by atoms with E-state index in [1.807, 2.05) is 29.7 Å². The van der Waals surface area contributed by atoms with Gasteiger partial charge < -0.3 is 5.32 Å². The summed E-state index contributed by atoms with van der Waals surface area (Å²) >= 11 is 1.85. The van der Waals surface area contributed by atoms with Crippen molar-refractivity contribution in [1.82, 2.24) is 15.1 Å². The van der Waals surface area contributed by atoms with E-state index in [-0.39, 0.29) is 0 Å². The summed E-state index contributed by atoms with van der Waals surface area (Å²) in [6.45, 7) is 6.47. The molecule has 0 saturated heterocycles. The molecule has 20 heavy (non-hydrogen) atoms. The predicted octanol–water partition coefficient (Wildman–Crippen LogP) is 3.46. The van der Waals surface area contributed by atoms with Gasteiger partial charge in [-0.1, -0.05) is 26.0 Å². The molecule has 0 aliphatic heterocycles. The summed E-state index contributed by atoms with van der Waals surface area (Å²) in [5, 5.41) is 7.65. The molecule has 0 unspecified atom stereocenters. The van der Waals surface area contributed by atoms with Gasteiger partial charge in [0.1, 0.15) is 0 Å². The van der Waals surface area contributed by atoms with E-state index in [0.29, 0.717) is 5.92 Å².